The van der Waals surface area contributed by atoms with E-state index in [0.29, 0.717) is 30.2 Å². The average Bonchev–Trinajstić information content (AvgIpc) is 2.54. The van der Waals surface area contributed by atoms with E-state index in [2.05, 4.69) is 5.32 Å². The van der Waals surface area contributed by atoms with Gasteiger partial charge in [-0.1, -0.05) is 25.1 Å². The first-order valence-electron chi connectivity index (χ1n) is 7.50. The number of carbonyl (C=O) groups is 1. The maximum absolute atomic E-state index is 12.4. The molecule has 4 heteroatoms. The Morgan fingerprint density at radius 3 is 2.64 bits per heavy atom. The topological polar surface area (TPSA) is 47.6 Å². The van der Waals surface area contributed by atoms with Gasteiger partial charge in [0.1, 0.15) is 11.5 Å². The number of rotatable bonds is 7. The molecule has 0 spiro atoms. The second-order valence-electron chi connectivity index (χ2n) is 4.76. The molecule has 116 valence electrons. The maximum Gasteiger partial charge on any atom is 0.259 e. The first kappa shape index (κ1) is 15.9. The molecule has 1 N–H and O–H groups in total. The minimum Gasteiger partial charge on any atom is -0.494 e. The third-order valence-corrected chi connectivity index (χ3v) is 3.00. The van der Waals surface area contributed by atoms with Crippen molar-refractivity contribution in [3.05, 3.63) is 54.1 Å². The molecule has 1 amide bonds. The van der Waals surface area contributed by atoms with Gasteiger partial charge in [0.25, 0.3) is 5.91 Å². The Kier molecular flexibility index (Phi) is 5.83. The lowest BCUT2D eigenvalue weighted by atomic mass is 10.2. The molecule has 2 aromatic carbocycles. The Balaban J connectivity index is 2.13. The van der Waals surface area contributed by atoms with Crippen LogP contribution in [0.3, 0.4) is 0 Å². The summed E-state index contributed by atoms with van der Waals surface area (Å²) in [5.74, 6) is 1.14. The molecule has 2 rings (SSSR count). The van der Waals surface area contributed by atoms with Crippen LogP contribution in [0.5, 0.6) is 11.5 Å². The lowest BCUT2D eigenvalue weighted by Gasteiger charge is -2.12. The van der Waals surface area contributed by atoms with E-state index in [1.165, 1.54) is 0 Å². The van der Waals surface area contributed by atoms with E-state index in [9.17, 15) is 4.79 Å². The van der Waals surface area contributed by atoms with Crippen LogP contribution in [0.15, 0.2) is 48.5 Å². The van der Waals surface area contributed by atoms with Gasteiger partial charge in [0.2, 0.25) is 0 Å². The van der Waals surface area contributed by atoms with E-state index in [1.807, 2.05) is 44.2 Å². The second kappa shape index (κ2) is 8.08. The van der Waals surface area contributed by atoms with Crippen LogP contribution in [0.1, 0.15) is 30.6 Å². The van der Waals surface area contributed by atoms with Gasteiger partial charge in [-0.2, -0.15) is 0 Å². The van der Waals surface area contributed by atoms with Gasteiger partial charge in [-0.05, 0) is 37.6 Å². The van der Waals surface area contributed by atoms with Crippen molar-refractivity contribution in [3.63, 3.8) is 0 Å². The molecule has 0 bridgehead atoms. The number of hydrogen-bond acceptors (Lipinski definition) is 3. The summed E-state index contributed by atoms with van der Waals surface area (Å²) >= 11 is 0. The zero-order valence-corrected chi connectivity index (χ0v) is 13.0. The molecule has 0 aliphatic rings. The van der Waals surface area contributed by atoms with Gasteiger partial charge >= 0.3 is 0 Å². The van der Waals surface area contributed by atoms with Crippen LogP contribution in [0.4, 0.5) is 5.69 Å². The highest BCUT2D eigenvalue weighted by Gasteiger charge is 2.12. The number of nitrogens with one attached hydrogen (secondary N) is 1. The average molecular weight is 299 g/mol. The van der Waals surface area contributed by atoms with Crippen LogP contribution in [0, 0.1) is 0 Å². The van der Waals surface area contributed by atoms with E-state index in [1.54, 1.807) is 18.2 Å². The molecule has 0 atom stereocenters. The van der Waals surface area contributed by atoms with E-state index < -0.39 is 0 Å². The normalized spacial score (nSPS) is 10.1. The van der Waals surface area contributed by atoms with Gasteiger partial charge in [0, 0.05) is 11.8 Å². The summed E-state index contributed by atoms with van der Waals surface area (Å²) in [6.45, 7) is 5.13. The van der Waals surface area contributed by atoms with Crippen molar-refractivity contribution in [1.29, 1.82) is 0 Å². The molecule has 0 fully saturated rings. The predicted octanol–water partition coefficient (Wildman–Crippen LogP) is 4.13. The van der Waals surface area contributed by atoms with Crippen LogP contribution >= 0.6 is 0 Å². The zero-order chi connectivity index (χ0) is 15.8. The molecule has 0 heterocycles. The molecule has 22 heavy (non-hydrogen) atoms. The maximum atomic E-state index is 12.4. The van der Waals surface area contributed by atoms with E-state index in [0.717, 1.165) is 12.2 Å². The zero-order valence-electron chi connectivity index (χ0n) is 13.0. The van der Waals surface area contributed by atoms with Crippen molar-refractivity contribution in [3.8, 4) is 11.5 Å². The first-order valence-corrected chi connectivity index (χ1v) is 7.50. The second-order valence-corrected chi connectivity index (χ2v) is 4.76. The predicted molar refractivity (Wildman–Crippen MR) is 87.8 cm³/mol. The quantitative estimate of drug-likeness (QED) is 0.836. The Morgan fingerprint density at radius 1 is 1.05 bits per heavy atom. The van der Waals surface area contributed by atoms with E-state index in [4.69, 9.17) is 9.47 Å². The Bertz CT molecular complexity index is 625. The summed E-state index contributed by atoms with van der Waals surface area (Å²) in [5, 5.41) is 2.87. The molecule has 0 aromatic heterocycles. The number of carbonyl (C=O) groups excluding carboxylic acids is 1. The van der Waals surface area contributed by atoms with Gasteiger partial charge in [-0.15, -0.1) is 0 Å². The largest absolute Gasteiger partial charge is 0.494 e. The van der Waals surface area contributed by atoms with Gasteiger partial charge in [0.05, 0.1) is 18.8 Å². The standard InChI is InChI=1S/C18H21NO3/c1-3-12-22-17-11-6-5-10-16(17)18(20)19-14-8-7-9-15(13-14)21-4-2/h5-11,13H,3-4,12H2,1-2H3,(H,19,20). The fourth-order valence-corrected chi connectivity index (χ4v) is 2.02. The Labute approximate surface area is 131 Å². The number of para-hydroxylation sites is 1. The van der Waals surface area contributed by atoms with Crippen LogP contribution < -0.4 is 14.8 Å². The molecule has 0 saturated heterocycles. The van der Waals surface area contributed by atoms with Crippen molar-refractivity contribution >= 4 is 11.6 Å². The third kappa shape index (κ3) is 4.25. The van der Waals surface area contributed by atoms with Gasteiger partial charge in [-0.25, -0.2) is 0 Å². The summed E-state index contributed by atoms with van der Waals surface area (Å²) in [4.78, 5) is 12.4. The summed E-state index contributed by atoms with van der Waals surface area (Å²) in [7, 11) is 0. The summed E-state index contributed by atoms with van der Waals surface area (Å²) in [6, 6.07) is 14.6. The minimum atomic E-state index is -0.194. The van der Waals surface area contributed by atoms with Gasteiger partial charge < -0.3 is 14.8 Å². The molecular formula is C18H21NO3. The fourth-order valence-electron chi connectivity index (χ4n) is 2.02. The first-order chi connectivity index (χ1) is 10.7. The molecule has 0 radical (unpaired) electrons. The van der Waals surface area contributed by atoms with E-state index >= 15 is 0 Å². The third-order valence-electron chi connectivity index (χ3n) is 3.00. The van der Waals surface area contributed by atoms with Crippen LogP contribution in [0.2, 0.25) is 0 Å². The van der Waals surface area contributed by atoms with Crippen LogP contribution in [-0.4, -0.2) is 19.1 Å². The summed E-state index contributed by atoms with van der Waals surface area (Å²) < 4.78 is 11.1. The molecule has 0 aliphatic carbocycles. The minimum absolute atomic E-state index is 0.194. The molecule has 0 unspecified atom stereocenters. The summed E-state index contributed by atoms with van der Waals surface area (Å²) in [6.07, 6.45) is 0.895. The number of ether oxygens (including phenoxy) is 2. The monoisotopic (exact) mass is 299 g/mol. The van der Waals surface area contributed by atoms with E-state index in [-0.39, 0.29) is 5.91 Å². The number of benzene rings is 2. The lowest BCUT2D eigenvalue weighted by molar-refractivity contribution is 0.102. The lowest BCUT2D eigenvalue weighted by Crippen LogP contribution is -2.14. The van der Waals surface area contributed by atoms with Gasteiger partial charge in [0.15, 0.2) is 0 Å². The fraction of sp³-hybridized carbons (Fsp3) is 0.278. The molecular weight excluding hydrogens is 278 g/mol. The summed E-state index contributed by atoms with van der Waals surface area (Å²) in [5.41, 5.74) is 1.22. The number of hydrogen-bond donors (Lipinski definition) is 1. The molecule has 4 nitrogen and oxygen atoms in total. The van der Waals surface area contributed by atoms with Crippen LogP contribution in [-0.2, 0) is 0 Å². The number of anilines is 1. The van der Waals surface area contributed by atoms with Gasteiger partial charge in [-0.3, -0.25) is 4.79 Å². The highest BCUT2D eigenvalue weighted by Crippen LogP contribution is 2.22. The molecule has 0 aliphatic heterocycles. The Hall–Kier alpha value is -2.49. The SMILES string of the molecule is CCCOc1ccccc1C(=O)Nc1cccc(OCC)c1. The van der Waals surface area contributed by atoms with Crippen molar-refractivity contribution in [2.45, 2.75) is 20.3 Å². The Morgan fingerprint density at radius 2 is 1.86 bits per heavy atom. The molecule has 2 aromatic rings. The molecule has 0 saturated carbocycles. The highest BCUT2D eigenvalue weighted by atomic mass is 16.5. The van der Waals surface area contributed by atoms with Crippen molar-refractivity contribution in [2.75, 3.05) is 18.5 Å². The number of amides is 1. The van der Waals surface area contributed by atoms with Crippen molar-refractivity contribution in [2.24, 2.45) is 0 Å². The van der Waals surface area contributed by atoms with Crippen molar-refractivity contribution < 1.29 is 14.3 Å². The highest BCUT2D eigenvalue weighted by molar-refractivity contribution is 6.06. The van der Waals surface area contributed by atoms with Crippen molar-refractivity contribution in [1.82, 2.24) is 0 Å². The smallest absolute Gasteiger partial charge is 0.259 e. The van der Waals surface area contributed by atoms with Crippen LogP contribution in [0.25, 0.3) is 0 Å².